The minimum Gasteiger partial charge on any atom is -0.492 e. The molecule has 2 atom stereocenters. The standard InChI is InChI=1S/C35H32F2N4O5/c1-19-17-26(45-16-12-28(38)42)24(33(43)41-35(13-14-35)27-5-3-4-15-40-27)18-23(19)22-10-11-25-29(31(22)37)30(34(44)39-2)32(46-25)20-6-8-21(36)9-7-20/h3-11,15,17-18,30,32H,12-14,16H2,1-2H3,(H2,38,42)(H,39,44)(H,41,43). The van der Waals surface area contributed by atoms with Crippen LogP contribution in [0.25, 0.3) is 11.1 Å². The molecule has 46 heavy (non-hydrogen) atoms. The summed E-state index contributed by atoms with van der Waals surface area (Å²) < 4.78 is 42.2. The third-order valence-corrected chi connectivity index (χ3v) is 8.46. The molecule has 6 rings (SSSR count). The predicted molar refractivity (Wildman–Crippen MR) is 165 cm³/mol. The number of hydrogen-bond donors (Lipinski definition) is 3. The van der Waals surface area contributed by atoms with E-state index in [2.05, 4.69) is 15.6 Å². The van der Waals surface area contributed by atoms with E-state index in [4.69, 9.17) is 15.2 Å². The number of halogens is 2. The van der Waals surface area contributed by atoms with Gasteiger partial charge < -0.3 is 25.8 Å². The van der Waals surface area contributed by atoms with E-state index < -0.39 is 46.9 Å². The van der Waals surface area contributed by atoms with Crippen LogP contribution in [0.3, 0.4) is 0 Å². The third-order valence-electron chi connectivity index (χ3n) is 8.46. The van der Waals surface area contributed by atoms with Crippen LogP contribution in [-0.2, 0) is 15.1 Å². The maximum absolute atomic E-state index is 16.7. The Kier molecular flexibility index (Phi) is 8.16. The number of likely N-dealkylation sites (N-methyl/N-ethyl adjacent to an activating group) is 1. The van der Waals surface area contributed by atoms with Gasteiger partial charge in [-0.1, -0.05) is 18.2 Å². The molecule has 0 spiro atoms. The number of amides is 3. The lowest BCUT2D eigenvalue weighted by molar-refractivity contribution is -0.123. The van der Waals surface area contributed by atoms with Crippen LogP contribution in [0.4, 0.5) is 8.78 Å². The minimum atomic E-state index is -1.06. The quantitative estimate of drug-likeness (QED) is 0.228. The molecule has 0 saturated heterocycles. The van der Waals surface area contributed by atoms with E-state index in [1.54, 1.807) is 37.4 Å². The van der Waals surface area contributed by atoms with E-state index >= 15 is 4.39 Å². The van der Waals surface area contributed by atoms with Crippen LogP contribution < -0.4 is 25.8 Å². The second-order valence-electron chi connectivity index (χ2n) is 11.5. The number of fused-ring (bicyclic) bond motifs is 1. The van der Waals surface area contributed by atoms with E-state index in [1.807, 2.05) is 12.1 Å². The Hall–Kier alpha value is -5.32. The molecule has 1 fully saturated rings. The largest absolute Gasteiger partial charge is 0.492 e. The van der Waals surface area contributed by atoms with Gasteiger partial charge in [-0.15, -0.1) is 0 Å². The topological polar surface area (TPSA) is 133 Å². The van der Waals surface area contributed by atoms with E-state index in [1.165, 1.54) is 37.4 Å². The molecule has 2 aliphatic rings. The summed E-state index contributed by atoms with van der Waals surface area (Å²) in [4.78, 5) is 42.8. The number of pyridine rings is 1. The molecule has 2 unspecified atom stereocenters. The van der Waals surface area contributed by atoms with Gasteiger partial charge in [0.05, 0.1) is 29.8 Å². The van der Waals surface area contributed by atoms with E-state index in [-0.39, 0.29) is 41.2 Å². The van der Waals surface area contributed by atoms with Crippen LogP contribution in [-0.4, -0.2) is 36.4 Å². The fraction of sp³-hybridized carbons (Fsp3) is 0.257. The number of rotatable bonds is 10. The molecule has 1 aliphatic carbocycles. The van der Waals surface area contributed by atoms with E-state index in [0.29, 0.717) is 29.5 Å². The first kappa shape index (κ1) is 30.7. The number of nitrogens with two attached hydrogens (primary N) is 1. The fourth-order valence-electron chi connectivity index (χ4n) is 5.90. The van der Waals surface area contributed by atoms with Crippen LogP contribution in [0.15, 0.2) is 72.9 Å². The van der Waals surface area contributed by atoms with Crippen LogP contribution in [0.1, 0.15) is 64.0 Å². The number of nitrogens with zero attached hydrogens (tertiary/aromatic N) is 1. The van der Waals surface area contributed by atoms with Gasteiger partial charge in [-0.2, -0.15) is 0 Å². The number of hydrogen-bond acceptors (Lipinski definition) is 6. The van der Waals surface area contributed by atoms with Crippen molar-refractivity contribution in [3.05, 3.63) is 113 Å². The van der Waals surface area contributed by atoms with Crippen LogP contribution in [0.2, 0.25) is 0 Å². The molecular formula is C35H32F2N4O5. The lowest BCUT2D eigenvalue weighted by Gasteiger charge is -2.20. The SMILES string of the molecule is CNC(=O)C1c2c(ccc(-c3cc(C(=O)NC4(c5ccccn5)CC4)c(OCCC(N)=O)cc3C)c2F)OC1c1ccc(F)cc1. The van der Waals surface area contributed by atoms with Crippen molar-refractivity contribution < 1.29 is 32.6 Å². The van der Waals surface area contributed by atoms with Gasteiger partial charge in [-0.05, 0) is 85.0 Å². The average molecular weight is 627 g/mol. The highest BCUT2D eigenvalue weighted by atomic mass is 19.1. The third kappa shape index (κ3) is 5.76. The van der Waals surface area contributed by atoms with Crippen molar-refractivity contribution in [2.75, 3.05) is 13.7 Å². The maximum Gasteiger partial charge on any atom is 0.255 e. The van der Waals surface area contributed by atoms with Crippen molar-refractivity contribution in [3.63, 3.8) is 0 Å². The summed E-state index contributed by atoms with van der Waals surface area (Å²) in [7, 11) is 1.45. The van der Waals surface area contributed by atoms with Crippen LogP contribution in [0, 0.1) is 18.6 Å². The lowest BCUT2D eigenvalue weighted by Crippen LogP contribution is -2.35. The first-order chi connectivity index (χ1) is 22.1. The highest BCUT2D eigenvalue weighted by Gasteiger charge is 2.47. The number of carbonyl (C=O) groups excluding carboxylic acids is 3. The predicted octanol–water partition coefficient (Wildman–Crippen LogP) is 4.97. The molecule has 1 aromatic heterocycles. The Morgan fingerprint density at radius 3 is 2.46 bits per heavy atom. The van der Waals surface area contributed by atoms with Gasteiger partial charge >= 0.3 is 0 Å². The Morgan fingerprint density at radius 2 is 1.80 bits per heavy atom. The Bertz CT molecular complexity index is 1830. The zero-order valence-electron chi connectivity index (χ0n) is 25.2. The Morgan fingerprint density at radius 1 is 1.04 bits per heavy atom. The van der Waals surface area contributed by atoms with Crippen molar-refractivity contribution in [1.82, 2.24) is 15.6 Å². The van der Waals surface area contributed by atoms with Crippen molar-refractivity contribution in [2.45, 2.75) is 43.7 Å². The Balaban J connectivity index is 1.41. The zero-order chi connectivity index (χ0) is 32.6. The normalized spacial score (nSPS) is 17.4. The average Bonchev–Trinajstić information content (AvgIpc) is 3.72. The second-order valence-corrected chi connectivity index (χ2v) is 11.5. The first-order valence-electron chi connectivity index (χ1n) is 14.9. The number of aromatic nitrogens is 1. The number of aryl methyl sites for hydroxylation is 1. The van der Waals surface area contributed by atoms with Crippen molar-refractivity contribution in [1.29, 1.82) is 0 Å². The molecule has 11 heteroatoms. The maximum atomic E-state index is 16.7. The van der Waals surface area contributed by atoms with Crippen LogP contribution in [0.5, 0.6) is 11.5 Å². The van der Waals surface area contributed by atoms with Gasteiger partial charge in [0, 0.05) is 24.4 Å². The summed E-state index contributed by atoms with van der Waals surface area (Å²) in [5, 5.41) is 5.67. The smallest absolute Gasteiger partial charge is 0.255 e. The summed E-state index contributed by atoms with van der Waals surface area (Å²) in [5.74, 6) is -3.27. The highest BCUT2D eigenvalue weighted by molar-refractivity contribution is 5.99. The summed E-state index contributed by atoms with van der Waals surface area (Å²) in [5.41, 5.74) is 7.23. The first-order valence-corrected chi connectivity index (χ1v) is 14.9. The van der Waals surface area contributed by atoms with Gasteiger partial charge in [0.25, 0.3) is 5.91 Å². The molecule has 4 N–H and O–H groups in total. The lowest BCUT2D eigenvalue weighted by atomic mass is 9.87. The van der Waals surface area contributed by atoms with Gasteiger partial charge in [-0.3, -0.25) is 19.4 Å². The van der Waals surface area contributed by atoms with E-state index in [9.17, 15) is 18.8 Å². The summed E-state index contributed by atoms with van der Waals surface area (Å²) in [6.45, 7) is 1.69. The molecule has 1 saturated carbocycles. The second kappa shape index (κ2) is 12.2. The molecule has 3 amide bonds. The number of ether oxygens (including phenoxy) is 2. The molecular weight excluding hydrogens is 594 g/mol. The monoisotopic (exact) mass is 626 g/mol. The molecule has 0 radical (unpaired) electrons. The molecule has 236 valence electrons. The molecule has 2 heterocycles. The summed E-state index contributed by atoms with van der Waals surface area (Å²) >= 11 is 0. The fourth-order valence-corrected chi connectivity index (χ4v) is 5.90. The summed E-state index contributed by atoms with van der Waals surface area (Å²) in [6, 6.07) is 17.3. The number of primary amides is 1. The summed E-state index contributed by atoms with van der Waals surface area (Å²) in [6.07, 6.45) is 2.11. The Labute approximate surface area is 264 Å². The number of benzene rings is 3. The molecule has 9 nitrogen and oxygen atoms in total. The van der Waals surface area contributed by atoms with Gasteiger partial charge in [0.15, 0.2) is 0 Å². The molecule has 1 aliphatic heterocycles. The number of nitrogens with one attached hydrogen (secondary N) is 2. The highest BCUT2D eigenvalue weighted by Crippen LogP contribution is 2.50. The molecule has 0 bridgehead atoms. The molecule has 4 aromatic rings. The van der Waals surface area contributed by atoms with Gasteiger partial charge in [0.1, 0.15) is 35.2 Å². The minimum absolute atomic E-state index is 0.0527. The van der Waals surface area contributed by atoms with Crippen molar-refractivity contribution >= 4 is 17.7 Å². The zero-order valence-corrected chi connectivity index (χ0v) is 25.2. The van der Waals surface area contributed by atoms with E-state index in [0.717, 1.165) is 5.69 Å². The van der Waals surface area contributed by atoms with Crippen molar-refractivity contribution in [2.24, 2.45) is 5.73 Å². The van der Waals surface area contributed by atoms with Gasteiger partial charge in [-0.25, -0.2) is 8.78 Å². The van der Waals surface area contributed by atoms with Gasteiger partial charge in [0.2, 0.25) is 11.8 Å². The van der Waals surface area contributed by atoms with Crippen LogP contribution >= 0.6 is 0 Å². The number of carbonyl (C=O) groups is 3. The molecule has 3 aromatic carbocycles. The van der Waals surface area contributed by atoms with Crippen molar-refractivity contribution in [3.8, 4) is 22.6 Å².